The molecule has 2 aliphatic rings. The zero-order valence-electron chi connectivity index (χ0n) is 11.0. The molecule has 18 heavy (non-hydrogen) atoms. The first-order valence-electron chi connectivity index (χ1n) is 6.92. The summed E-state index contributed by atoms with van der Waals surface area (Å²) in [6.07, 6.45) is 6.40. The van der Waals surface area contributed by atoms with Crippen LogP contribution in [-0.2, 0) is 9.59 Å². The summed E-state index contributed by atoms with van der Waals surface area (Å²) in [6, 6.07) is 0.654. The number of nitrogens with two attached hydrogens (primary N) is 1. The zero-order valence-corrected chi connectivity index (χ0v) is 11.0. The standard InChI is InChI=1S/C13H23N3O2/c1-9(17)16(10-6-7-10)12-5-3-2-4-11(12)15-13(18)8-14/h10-12H,2-8,14H2,1H3,(H,15,18)/t11-,12+/m1/s1. The van der Waals surface area contributed by atoms with E-state index >= 15 is 0 Å². The van der Waals surface area contributed by atoms with Gasteiger partial charge >= 0.3 is 0 Å². The van der Waals surface area contributed by atoms with Gasteiger partial charge in [-0.05, 0) is 25.7 Å². The fourth-order valence-corrected chi connectivity index (χ4v) is 2.99. The van der Waals surface area contributed by atoms with Gasteiger partial charge < -0.3 is 16.0 Å². The zero-order chi connectivity index (χ0) is 13.1. The average Bonchev–Trinajstić information content (AvgIpc) is 3.15. The molecule has 0 bridgehead atoms. The van der Waals surface area contributed by atoms with Crippen molar-refractivity contribution in [3.63, 3.8) is 0 Å². The lowest BCUT2D eigenvalue weighted by Gasteiger charge is -2.40. The highest BCUT2D eigenvalue weighted by Crippen LogP contribution is 2.33. The van der Waals surface area contributed by atoms with Crippen LogP contribution < -0.4 is 11.1 Å². The lowest BCUT2D eigenvalue weighted by Crippen LogP contribution is -2.56. The van der Waals surface area contributed by atoms with Gasteiger partial charge in [-0.15, -0.1) is 0 Å². The van der Waals surface area contributed by atoms with Crippen molar-refractivity contribution in [1.82, 2.24) is 10.2 Å². The molecule has 2 saturated carbocycles. The summed E-state index contributed by atoms with van der Waals surface area (Å²) in [5, 5.41) is 2.98. The predicted molar refractivity (Wildman–Crippen MR) is 68.8 cm³/mol. The third kappa shape index (κ3) is 3.02. The van der Waals surface area contributed by atoms with Crippen molar-refractivity contribution in [2.45, 2.75) is 63.6 Å². The van der Waals surface area contributed by atoms with E-state index in [1.54, 1.807) is 6.92 Å². The number of nitrogens with one attached hydrogen (secondary N) is 1. The van der Waals surface area contributed by atoms with Crippen molar-refractivity contribution in [2.75, 3.05) is 6.54 Å². The number of amides is 2. The molecule has 0 saturated heterocycles. The Morgan fingerprint density at radius 3 is 2.44 bits per heavy atom. The molecule has 0 aromatic rings. The molecule has 2 atom stereocenters. The molecule has 2 aliphatic carbocycles. The summed E-state index contributed by atoms with van der Waals surface area (Å²) in [4.78, 5) is 25.3. The first-order chi connectivity index (χ1) is 8.63. The van der Waals surface area contributed by atoms with Crippen LogP contribution in [0.2, 0.25) is 0 Å². The van der Waals surface area contributed by atoms with Crippen LogP contribution in [0.4, 0.5) is 0 Å². The minimum Gasteiger partial charge on any atom is -0.350 e. The second kappa shape index (κ2) is 5.69. The minimum absolute atomic E-state index is 0.0206. The van der Waals surface area contributed by atoms with Crippen LogP contribution in [0.1, 0.15) is 45.4 Å². The van der Waals surface area contributed by atoms with Crippen molar-refractivity contribution in [1.29, 1.82) is 0 Å². The fourth-order valence-electron chi connectivity index (χ4n) is 2.99. The van der Waals surface area contributed by atoms with E-state index < -0.39 is 0 Å². The average molecular weight is 253 g/mol. The Morgan fingerprint density at radius 2 is 1.89 bits per heavy atom. The quantitative estimate of drug-likeness (QED) is 0.760. The molecule has 0 aromatic heterocycles. The lowest BCUT2D eigenvalue weighted by molar-refractivity contribution is -0.134. The second-order valence-corrected chi connectivity index (χ2v) is 5.39. The highest BCUT2D eigenvalue weighted by atomic mass is 16.2. The Hall–Kier alpha value is -1.10. The maximum atomic E-state index is 11.8. The van der Waals surface area contributed by atoms with Crippen LogP contribution in [0.3, 0.4) is 0 Å². The molecule has 5 nitrogen and oxygen atoms in total. The van der Waals surface area contributed by atoms with Gasteiger partial charge in [0.15, 0.2) is 0 Å². The maximum Gasteiger partial charge on any atom is 0.234 e. The Morgan fingerprint density at radius 1 is 1.22 bits per heavy atom. The molecule has 0 radical (unpaired) electrons. The molecule has 102 valence electrons. The smallest absolute Gasteiger partial charge is 0.234 e. The summed E-state index contributed by atoms with van der Waals surface area (Å²) in [5.41, 5.74) is 5.35. The summed E-state index contributed by atoms with van der Waals surface area (Å²) >= 11 is 0. The molecule has 3 N–H and O–H groups in total. The Bertz CT molecular complexity index is 328. The normalized spacial score (nSPS) is 27.7. The molecular formula is C13H23N3O2. The molecule has 0 aliphatic heterocycles. The lowest BCUT2D eigenvalue weighted by atomic mass is 9.88. The molecule has 0 unspecified atom stereocenters. The van der Waals surface area contributed by atoms with Gasteiger partial charge in [0, 0.05) is 19.0 Å². The summed E-state index contributed by atoms with van der Waals surface area (Å²) in [5.74, 6) is 0.0163. The minimum atomic E-state index is -0.119. The van der Waals surface area contributed by atoms with E-state index in [4.69, 9.17) is 5.73 Å². The SMILES string of the molecule is CC(=O)N(C1CC1)[C@H]1CCCC[C@H]1NC(=O)CN. The summed E-state index contributed by atoms with van der Waals surface area (Å²) in [6.45, 7) is 1.65. The van der Waals surface area contributed by atoms with Crippen LogP contribution in [-0.4, -0.2) is 41.4 Å². The van der Waals surface area contributed by atoms with Crippen molar-refractivity contribution < 1.29 is 9.59 Å². The molecule has 5 heteroatoms. The maximum absolute atomic E-state index is 11.8. The number of carbonyl (C=O) groups excluding carboxylic acids is 2. The van der Waals surface area contributed by atoms with E-state index in [9.17, 15) is 9.59 Å². The molecule has 2 fully saturated rings. The molecule has 0 heterocycles. The van der Waals surface area contributed by atoms with E-state index in [1.165, 1.54) is 0 Å². The predicted octanol–water partition coefficient (Wildman–Crippen LogP) is 0.383. The third-order valence-corrected chi connectivity index (χ3v) is 3.92. The topological polar surface area (TPSA) is 75.4 Å². The molecule has 2 amide bonds. The van der Waals surface area contributed by atoms with Gasteiger partial charge in [-0.1, -0.05) is 12.8 Å². The number of rotatable bonds is 4. The summed E-state index contributed by atoms with van der Waals surface area (Å²) < 4.78 is 0. The van der Waals surface area contributed by atoms with E-state index in [1.807, 2.05) is 4.90 Å². The van der Waals surface area contributed by atoms with Crippen LogP contribution in [0.25, 0.3) is 0 Å². The van der Waals surface area contributed by atoms with Gasteiger partial charge in [0.2, 0.25) is 11.8 Å². The van der Waals surface area contributed by atoms with Gasteiger partial charge in [0.1, 0.15) is 0 Å². The Labute approximate surface area is 108 Å². The van der Waals surface area contributed by atoms with Crippen molar-refractivity contribution >= 4 is 11.8 Å². The monoisotopic (exact) mass is 253 g/mol. The molecule has 0 spiro atoms. The Balaban J connectivity index is 2.05. The first kappa shape index (κ1) is 13.3. The molecular weight excluding hydrogens is 230 g/mol. The molecule has 0 aromatic carbocycles. The van der Waals surface area contributed by atoms with Gasteiger partial charge in [-0.3, -0.25) is 9.59 Å². The van der Waals surface area contributed by atoms with Crippen LogP contribution in [0.5, 0.6) is 0 Å². The van der Waals surface area contributed by atoms with Gasteiger partial charge in [-0.25, -0.2) is 0 Å². The van der Waals surface area contributed by atoms with Crippen LogP contribution in [0, 0.1) is 0 Å². The largest absolute Gasteiger partial charge is 0.350 e. The van der Waals surface area contributed by atoms with Gasteiger partial charge in [0.25, 0.3) is 0 Å². The van der Waals surface area contributed by atoms with E-state index in [2.05, 4.69) is 5.32 Å². The number of hydrogen-bond acceptors (Lipinski definition) is 3. The Kier molecular flexibility index (Phi) is 4.22. The van der Waals surface area contributed by atoms with Gasteiger partial charge in [-0.2, -0.15) is 0 Å². The number of carbonyl (C=O) groups is 2. The first-order valence-corrected chi connectivity index (χ1v) is 6.92. The van der Waals surface area contributed by atoms with Gasteiger partial charge in [0.05, 0.1) is 12.6 Å². The highest BCUT2D eigenvalue weighted by Gasteiger charge is 2.40. The van der Waals surface area contributed by atoms with E-state index in [0.717, 1.165) is 38.5 Å². The van der Waals surface area contributed by atoms with Crippen molar-refractivity contribution in [3.05, 3.63) is 0 Å². The van der Waals surface area contributed by atoms with E-state index in [-0.39, 0.29) is 30.4 Å². The van der Waals surface area contributed by atoms with Crippen molar-refractivity contribution in [2.24, 2.45) is 5.73 Å². The van der Waals surface area contributed by atoms with Crippen LogP contribution >= 0.6 is 0 Å². The summed E-state index contributed by atoms with van der Waals surface area (Å²) in [7, 11) is 0. The van der Waals surface area contributed by atoms with Crippen LogP contribution in [0.15, 0.2) is 0 Å². The highest BCUT2D eigenvalue weighted by molar-refractivity contribution is 5.78. The number of hydrogen-bond donors (Lipinski definition) is 2. The van der Waals surface area contributed by atoms with Crippen molar-refractivity contribution in [3.8, 4) is 0 Å². The second-order valence-electron chi connectivity index (χ2n) is 5.39. The third-order valence-electron chi connectivity index (χ3n) is 3.92. The number of nitrogens with zero attached hydrogens (tertiary/aromatic N) is 1. The fraction of sp³-hybridized carbons (Fsp3) is 0.846. The van der Waals surface area contributed by atoms with E-state index in [0.29, 0.717) is 6.04 Å². The molecule has 2 rings (SSSR count).